The number of nitrogen functional groups attached to an aromatic ring is 1. The zero-order chi connectivity index (χ0) is 15.0. The molecule has 1 saturated carbocycles. The lowest BCUT2D eigenvalue weighted by molar-refractivity contribution is -0.118. The van der Waals surface area contributed by atoms with Gasteiger partial charge in [-0.2, -0.15) is 0 Å². The molecule has 1 aliphatic carbocycles. The molecule has 3 N–H and O–H groups in total. The first kappa shape index (κ1) is 14.4. The fourth-order valence-corrected chi connectivity index (χ4v) is 3.01. The van der Waals surface area contributed by atoms with Crippen molar-refractivity contribution in [3.8, 4) is 0 Å². The largest absolute Gasteiger partial charge is 0.399 e. The summed E-state index contributed by atoms with van der Waals surface area (Å²) in [5.74, 6) is 0.0759. The van der Waals surface area contributed by atoms with Gasteiger partial charge < -0.3 is 11.1 Å². The molecule has 2 aromatic rings. The summed E-state index contributed by atoms with van der Waals surface area (Å²) in [4.78, 5) is 12.6. The van der Waals surface area contributed by atoms with Crippen LogP contribution in [0.15, 0.2) is 42.5 Å². The molecule has 0 atom stereocenters. The highest BCUT2D eigenvalue weighted by Crippen LogP contribution is 2.49. The molecule has 4 heteroatoms. The van der Waals surface area contributed by atoms with Crippen molar-refractivity contribution in [2.24, 2.45) is 0 Å². The number of benzene rings is 2. The number of nitrogens with two attached hydrogens (primary N) is 1. The van der Waals surface area contributed by atoms with Gasteiger partial charge in [-0.25, -0.2) is 0 Å². The third-order valence-corrected chi connectivity index (χ3v) is 5.24. The van der Waals surface area contributed by atoms with Crippen molar-refractivity contribution in [1.82, 2.24) is 0 Å². The fourth-order valence-electron chi connectivity index (χ4n) is 2.50. The Morgan fingerprint density at radius 2 is 1.86 bits per heavy atom. The third-order valence-electron chi connectivity index (χ3n) is 4.08. The van der Waals surface area contributed by atoms with Crippen LogP contribution in [-0.2, 0) is 10.2 Å². The second kappa shape index (κ2) is 5.33. The summed E-state index contributed by atoms with van der Waals surface area (Å²) in [6, 6.07) is 13.6. The van der Waals surface area contributed by atoms with Crippen LogP contribution in [0.1, 0.15) is 24.0 Å². The summed E-state index contributed by atoms with van der Waals surface area (Å²) < 4.78 is 1.16. The van der Waals surface area contributed by atoms with Gasteiger partial charge in [-0.15, -0.1) is 0 Å². The smallest absolute Gasteiger partial charge is 0.235 e. The van der Waals surface area contributed by atoms with Gasteiger partial charge in [0.2, 0.25) is 5.91 Å². The van der Waals surface area contributed by atoms with Crippen molar-refractivity contribution in [2.45, 2.75) is 25.2 Å². The molecular weight excluding hydrogens is 375 g/mol. The van der Waals surface area contributed by atoms with Crippen LogP contribution in [0, 0.1) is 10.5 Å². The lowest BCUT2D eigenvalue weighted by Gasteiger charge is -2.16. The van der Waals surface area contributed by atoms with Crippen molar-refractivity contribution < 1.29 is 4.79 Å². The normalized spacial score (nSPS) is 15.5. The zero-order valence-electron chi connectivity index (χ0n) is 11.8. The Bertz CT molecular complexity index is 690. The minimum absolute atomic E-state index is 0.0759. The predicted octanol–water partition coefficient (Wildman–Crippen LogP) is 3.85. The highest BCUT2D eigenvalue weighted by molar-refractivity contribution is 14.1. The highest BCUT2D eigenvalue weighted by atomic mass is 127. The summed E-state index contributed by atoms with van der Waals surface area (Å²) in [5, 5.41) is 3.05. The van der Waals surface area contributed by atoms with E-state index in [1.807, 2.05) is 42.5 Å². The van der Waals surface area contributed by atoms with E-state index in [-0.39, 0.29) is 11.3 Å². The van der Waals surface area contributed by atoms with Gasteiger partial charge in [0.15, 0.2) is 0 Å². The maximum Gasteiger partial charge on any atom is 0.235 e. The Hall–Kier alpha value is -1.56. The Balaban J connectivity index is 1.81. The van der Waals surface area contributed by atoms with Gasteiger partial charge in [0.05, 0.1) is 5.41 Å². The van der Waals surface area contributed by atoms with Crippen LogP contribution in [0.3, 0.4) is 0 Å². The van der Waals surface area contributed by atoms with Crippen molar-refractivity contribution in [2.75, 3.05) is 11.1 Å². The third kappa shape index (κ3) is 2.77. The van der Waals surface area contributed by atoms with Gasteiger partial charge in [0.1, 0.15) is 0 Å². The summed E-state index contributed by atoms with van der Waals surface area (Å²) in [5.41, 5.74) is 9.20. The Labute approximate surface area is 138 Å². The maximum atomic E-state index is 12.6. The minimum Gasteiger partial charge on any atom is -0.399 e. The first-order valence-electron chi connectivity index (χ1n) is 6.95. The number of halogens is 1. The number of anilines is 2. The fraction of sp³-hybridized carbons (Fsp3) is 0.235. The van der Waals surface area contributed by atoms with Crippen molar-refractivity contribution >= 4 is 39.9 Å². The Kier molecular flexibility index (Phi) is 3.65. The maximum absolute atomic E-state index is 12.6. The van der Waals surface area contributed by atoms with Crippen LogP contribution in [0.25, 0.3) is 0 Å². The molecule has 1 aliphatic rings. The second-order valence-corrected chi connectivity index (χ2v) is 6.78. The van der Waals surface area contributed by atoms with E-state index < -0.39 is 0 Å². The lowest BCUT2D eigenvalue weighted by atomic mass is 9.94. The molecule has 0 spiro atoms. The van der Waals surface area contributed by atoms with Crippen LogP contribution >= 0.6 is 22.6 Å². The van der Waals surface area contributed by atoms with Crippen LogP contribution < -0.4 is 11.1 Å². The monoisotopic (exact) mass is 392 g/mol. The number of nitrogens with one attached hydrogen (secondary N) is 1. The molecule has 1 fully saturated rings. The number of carbonyl (C=O) groups excluding carboxylic acids is 1. The molecule has 0 aliphatic heterocycles. The van der Waals surface area contributed by atoms with Crippen LogP contribution in [0.4, 0.5) is 11.4 Å². The molecule has 0 radical (unpaired) electrons. The van der Waals surface area contributed by atoms with E-state index >= 15 is 0 Å². The molecule has 3 rings (SSSR count). The predicted molar refractivity (Wildman–Crippen MR) is 94.3 cm³/mol. The van der Waals surface area contributed by atoms with E-state index in [1.165, 1.54) is 5.56 Å². The topological polar surface area (TPSA) is 55.1 Å². The molecule has 0 heterocycles. The summed E-state index contributed by atoms with van der Waals surface area (Å²) in [7, 11) is 0. The van der Waals surface area contributed by atoms with Crippen LogP contribution in [0.5, 0.6) is 0 Å². The first-order valence-corrected chi connectivity index (χ1v) is 8.03. The molecule has 0 saturated heterocycles. The summed E-state index contributed by atoms with van der Waals surface area (Å²) >= 11 is 2.28. The van der Waals surface area contributed by atoms with E-state index in [0.717, 1.165) is 33.4 Å². The number of hydrogen-bond donors (Lipinski definition) is 2. The molecule has 3 nitrogen and oxygen atoms in total. The van der Waals surface area contributed by atoms with E-state index in [4.69, 9.17) is 5.73 Å². The Morgan fingerprint density at radius 3 is 2.43 bits per heavy atom. The van der Waals surface area contributed by atoms with Gasteiger partial charge in [-0.05, 0) is 77.7 Å². The van der Waals surface area contributed by atoms with Gasteiger partial charge in [-0.1, -0.05) is 18.2 Å². The number of amides is 1. The molecule has 0 aromatic heterocycles. The standard InChI is InChI=1S/C17H17IN2O/c1-11-2-7-14(10-15(11)18)20-16(21)17(8-9-17)12-3-5-13(19)6-4-12/h2-7,10H,8-9,19H2,1H3,(H,20,21). The minimum atomic E-state index is -0.371. The van der Waals surface area contributed by atoms with Gasteiger partial charge >= 0.3 is 0 Å². The molecule has 2 aromatic carbocycles. The molecule has 21 heavy (non-hydrogen) atoms. The van der Waals surface area contributed by atoms with Crippen molar-refractivity contribution in [3.05, 3.63) is 57.2 Å². The first-order chi connectivity index (χ1) is 10.0. The summed E-state index contributed by atoms with van der Waals surface area (Å²) in [6.45, 7) is 2.06. The quantitative estimate of drug-likeness (QED) is 0.616. The lowest BCUT2D eigenvalue weighted by Crippen LogP contribution is -2.27. The second-order valence-electron chi connectivity index (χ2n) is 5.62. The van der Waals surface area contributed by atoms with E-state index in [1.54, 1.807) is 0 Å². The molecule has 1 amide bonds. The molecule has 108 valence electrons. The average Bonchev–Trinajstić information content (AvgIpc) is 3.25. The van der Waals surface area contributed by atoms with Crippen molar-refractivity contribution in [1.29, 1.82) is 0 Å². The average molecular weight is 392 g/mol. The van der Waals surface area contributed by atoms with E-state index in [2.05, 4.69) is 34.8 Å². The zero-order valence-corrected chi connectivity index (χ0v) is 14.0. The van der Waals surface area contributed by atoms with Crippen LogP contribution in [0.2, 0.25) is 0 Å². The number of rotatable bonds is 3. The number of aryl methyl sites for hydroxylation is 1. The SMILES string of the molecule is Cc1ccc(NC(=O)C2(c3ccc(N)cc3)CC2)cc1I. The van der Waals surface area contributed by atoms with E-state index in [9.17, 15) is 4.79 Å². The number of hydrogen-bond acceptors (Lipinski definition) is 2. The Morgan fingerprint density at radius 1 is 1.19 bits per heavy atom. The van der Waals surface area contributed by atoms with Crippen LogP contribution in [-0.4, -0.2) is 5.91 Å². The van der Waals surface area contributed by atoms with Gasteiger partial charge in [0.25, 0.3) is 0 Å². The number of carbonyl (C=O) groups is 1. The van der Waals surface area contributed by atoms with Gasteiger partial charge in [-0.3, -0.25) is 4.79 Å². The van der Waals surface area contributed by atoms with Crippen molar-refractivity contribution in [3.63, 3.8) is 0 Å². The molecule has 0 unspecified atom stereocenters. The highest BCUT2D eigenvalue weighted by Gasteiger charge is 2.51. The molecule has 0 bridgehead atoms. The molecular formula is C17H17IN2O. The summed E-state index contributed by atoms with van der Waals surface area (Å²) in [6.07, 6.45) is 1.79. The van der Waals surface area contributed by atoms with Gasteiger partial charge in [0, 0.05) is 14.9 Å². The van der Waals surface area contributed by atoms with E-state index in [0.29, 0.717) is 0 Å².